The van der Waals surface area contributed by atoms with Crippen LogP contribution < -0.4 is 14.8 Å². The summed E-state index contributed by atoms with van der Waals surface area (Å²) < 4.78 is 12.7. The largest absolute Gasteiger partial charge is 0.486 e. The van der Waals surface area contributed by atoms with Gasteiger partial charge in [-0.2, -0.15) is 4.68 Å². The molecule has 0 bridgehead atoms. The van der Waals surface area contributed by atoms with E-state index in [4.69, 9.17) is 9.47 Å². The van der Waals surface area contributed by atoms with Crippen molar-refractivity contribution in [2.45, 2.75) is 19.0 Å². The van der Waals surface area contributed by atoms with E-state index in [0.717, 1.165) is 22.5 Å². The number of ether oxygens (including phenoxy) is 2. The fourth-order valence-electron chi connectivity index (χ4n) is 2.91. The zero-order valence-electron chi connectivity index (χ0n) is 15.5. The van der Waals surface area contributed by atoms with Crippen LogP contribution in [0.4, 0.5) is 5.69 Å². The number of tetrazole rings is 1. The first-order chi connectivity index (χ1) is 13.6. The maximum atomic E-state index is 12.4. The van der Waals surface area contributed by atoms with Crippen LogP contribution in [0.1, 0.15) is 11.1 Å². The molecule has 0 aliphatic carbocycles. The molecular formula is C19H19N5O3S. The van der Waals surface area contributed by atoms with Crippen molar-refractivity contribution in [2.24, 2.45) is 0 Å². The third-order valence-corrected chi connectivity index (χ3v) is 5.21. The Hall–Kier alpha value is -3.07. The number of hydrogen-bond donors (Lipinski definition) is 1. The molecule has 1 aromatic heterocycles. The van der Waals surface area contributed by atoms with Crippen molar-refractivity contribution in [3.05, 3.63) is 47.5 Å². The number of nitrogens with zero attached hydrogens (tertiary/aromatic N) is 4. The zero-order valence-corrected chi connectivity index (χ0v) is 16.3. The summed E-state index contributed by atoms with van der Waals surface area (Å²) in [6.45, 7) is 4.98. The first-order valence-corrected chi connectivity index (χ1v) is 9.77. The highest BCUT2D eigenvalue weighted by atomic mass is 32.2. The van der Waals surface area contributed by atoms with Gasteiger partial charge in [0.1, 0.15) is 13.2 Å². The molecule has 0 unspecified atom stereocenters. The Bertz CT molecular complexity index is 1000. The average molecular weight is 397 g/mol. The smallest absolute Gasteiger partial charge is 0.234 e. The average Bonchev–Trinajstić information content (AvgIpc) is 3.17. The van der Waals surface area contributed by atoms with E-state index in [-0.39, 0.29) is 11.7 Å². The van der Waals surface area contributed by atoms with Crippen molar-refractivity contribution in [1.29, 1.82) is 0 Å². The summed E-state index contributed by atoms with van der Waals surface area (Å²) in [5, 5.41) is 15.3. The summed E-state index contributed by atoms with van der Waals surface area (Å²) in [5.74, 6) is 1.44. The van der Waals surface area contributed by atoms with E-state index in [1.165, 1.54) is 11.8 Å². The van der Waals surface area contributed by atoms with Crippen LogP contribution in [0.2, 0.25) is 0 Å². The van der Waals surface area contributed by atoms with Gasteiger partial charge in [0.25, 0.3) is 0 Å². The van der Waals surface area contributed by atoms with Crippen LogP contribution in [0.25, 0.3) is 5.69 Å². The Labute approximate surface area is 166 Å². The van der Waals surface area contributed by atoms with Gasteiger partial charge < -0.3 is 14.8 Å². The number of benzene rings is 2. The van der Waals surface area contributed by atoms with Crippen molar-refractivity contribution in [2.75, 3.05) is 24.3 Å². The Balaban J connectivity index is 1.46. The van der Waals surface area contributed by atoms with Crippen LogP contribution in [0.5, 0.6) is 11.5 Å². The number of aromatic nitrogens is 4. The molecule has 0 spiro atoms. The molecule has 9 heteroatoms. The minimum atomic E-state index is -0.112. The standard InChI is InChI=1S/C19H19N5O3S/c1-12-4-3-5-13(2)18(12)20-17(25)11-28-19-21-22-23-24(19)14-6-7-15-16(10-14)27-9-8-26-15/h3-7,10H,8-9,11H2,1-2H3,(H,20,25). The molecule has 3 aromatic rings. The van der Waals surface area contributed by atoms with Crippen molar-refractivity contribution in [1.82, 2.24) is 20.2 Å². The molecule has 4 rings (SSSR count). The SMILES string of the molecule is Cc1cccc(C)c1NC(=O)CSc1nnnn1-c1ccc2c(c1)OCCO2. The van der Waals surface area contributed by atoms with Gasteiger partial charge >= 0.3 is 0 Å². The highest BCUT2D eigenvalue weighted by molar-refractivity contribution is 7.99. The van der Waals surface area contributed by atoms with Crippen LogP contribution in [-0.4, -0.2) is 45.1 Å². The van der Waals surface area contributed by atoms with Crippen molar-refractivity contribution >= 4 is 23.4 Å². The third-order valence-electron chi connectivity index (χ3n) is 4.29. The normalized spacial score (nSPS) is 12.6. The quantitative estimate of drug-likeness (QED) is 0.662. The molecule has 1 amide bonds. The zero-order chi connectivity index (χ0) is 19.5. The predicted molar refractivity (Wildman–Crippen MR) is 105 cm³/mol. The number of carbonyl (C=O) groups excluding carboxylic acids is 1. The Morgan fingerprint density at radius 2 is 1.89 bits per heavy atom. The number of fused-ring (bicyclic) bond motifs is 1. The fraction of sp³-hybridized carbons (Fsp3) is 0.263. The Morgan fingerprint density at radius 1 is 1.14 bits per heavy atom. The number of rotatable bonds is 5. The minimum Gasteiger partial charge on any atom is -0.486 e. The number of para-hydroxylation sites is 1. The second-order valence-electron chi connectivity index (χ2n) is 6.30. The molecule has 2 aromatic carbocycles. The van der Waals surface area contributed by atoms with Gasteiger partial charge in [-0.05, 0) is 47.5 Å². The van der Waals surface area contributed by atoms with Crippen LogP contribution in [0.3, 0.4) is 0 Å². The summed E-state index contributed by atoms with van der Waals surface area (Å²) >= 11 is 1.27. The van der Waals surface area contributed by atoms with Gasteiger partial charge in [-0.15, -0.1) is 5.10 Å². The fourth-order valence-corrected chi connectivity index (χ4v) is 3.60. The number of nitrogens with one attached hydrogen (secondary N) is 1. The van der Waals surface area contributed by atoms with Gasteiger partial charge in [-0.1, -0.05) is 30.0 Å². The highest BCUT2D eigenvalue weighted by Crippen LogP contribution is 2.32. The molecule has 0 atom stereocenters. The van der Waals surface area contributed by atoms with Gasteiger partial charge in [-0.25, -0.2) is 0 Å². The Morgan fingerprint density at radius 3 is 2.68 bits per heavy atom. The molecule has 144 valence electrons. The van der Waals surface area contributed by atoms with E-state index >= 15 is 0 Å². The molecular weight excluding hydrogens is 378 g/mol. The van der Waals surface area contributed by atoms with Crippen LogP contribution in [-0.2, 0) is 4.79 Å². The number of thioether (sulfide) groups is 1. The van der Waals surface area contributed by atoms with E-state index in [1.807, 2.05) is 50.2 Å². The van der Waals surface area contributed by atoms with Gasteiger partial charge in [0, 0.05) is 11.8 Å². The number of carbonyl (C=O) groups is 1. The summed E-state index contributed by atoms with van der Waals surface area (Å²) in [5.41, 5.74) is 3.64. The van der Waals surface area contributed by atoms with Crippen LogP contribution in [0.15, 0.2) is 41.6 Å². The van der Waals surface area contributed by atoms with Gasteiger partial charge in [0.2, 0.25) is 11.1 Å². The summed E-state index contributed by atoms with van der Waals surface area (Å²) in [4.78, 5) is 12.4. The van der Waals surface area contributed by atoms with E-state index in [0.29, 0.717) is 29.9 Å². The highest BCUT2D eigenvalue weighted by Gasteiger charge is 2.16. The molecule has 8 nitrogen and oxygen atoms in total. The second kappa shape index (κ2) is 7.89. The van der Waals surface area contributed by atoms with E-state index in [1.54, 1.807) is 4.68 Å². The monoisotopic (exact) mass is 397 g/mol. The first kappa shape index (κ1) is 18.3. The molecule has 0 fully saturated rings. The summed E-state index contributed by atoms with van der Waals surface area (Å²) in [6.07, 6.45) is 0. The molecule has 28 heavy (non-hydrogen) atoms. The molecule has 0 saturated heterocycles. The maximum absolute atomic E-state index is 12.4. The molecule has 0 radical (unpaired) electrons. The van der Waals surface area contributed by atoms with Gasteiger partial charge in [0.05, 0.1) is 11.4 Å². The lowest BCUT2D eigenvalue weighted by Crippen LogP contribution is -2.16. The number of amides is 1. The lowest BCUT2D eigenvalue weighted by molar-refractivity contribution is -0.113. The third kappa shape index (κ3) is 3.79. The topological polar surface area (TPSA) is 91.2 Å². The number of aryl methyl sites for hydroxylation is 2. The van der Waals surface area contributed by atoms with Crippen molar-refractivity contribution in [3.8, 4) is 17.2 Å². The first-order valence-electron chi connectivity index (χ1n) is 8.79. The lowest BCUT2D eigenvalue weighted by Gasteiger charge is -2.18. The molecule has 2 heterocycles. The van der Waals surface area contributed by atoms with Gasteiger partial charge in [0.15, 0.2) is 11.5 Å². The van der Waals surface area contributed by atoms with Gasteiger partial charge in [-0.3, -0.25) is 4.79 Å². The van der Waals surface area contributed by atoms with Crippen LogP contribution >= 0.6 is 11.8 Å². The van der Waals surface area contributed by atoms with Crippen molar-refractivity contribution in [3.63, 3.8) is 0 Å². The molecule has 1 N–H and O–H groups in total. The minimum absolute atomic E-state index is 0.112. The van der Waals surface area contributed by atoms with E-state index < -0.39 is 0 Å². The lowest BCUT2D eigenvalue weighted by atomic mass is 10.1. The van der Waals surface area contributed by atoms with Crippen LogP contribution in [0, 0.1) is 13.8 Å². The molecule has 1 aliphatic rings. The van der Waals surface area contributed by atoms with Crippen molar-refractivity contribution < 1.29 is 14.3 Å². The van der Waals surface area contributed by atoms with E-state index in [2.05, 4.69) is 20.8 Å². The number of anilines is 1. The summed E-state index contributed by atoms with van der Waals surface area (Å²) in [7, 11) is 0. The molecule has 1 aliphatic heterocycles. The maximum Gasteiger partial charge on any atom is 0.234 e. The second-order valence-corrected chi connectivity index (χ2v) is 7.25. The molecule has 0 saturated carbocycles. The number of hydrogen-bond acceptors (Lipinski definition) is 7. The predicted octanol–water partition coefficient (Wildman–Crippen LogP) is 2.78. The summed E-state index contributed by atoms with van der Waals surface area (Å²) in [6, 6.07) is 11.4. The van der Waals surface area contributed by atoms with E-state index in [9.17, 15) is 4.79 Å². The Kier molecular flexibility index (Phi) is 5.16.